The van der Waals surface area contributed by atoms with Crippen molar-refractivity contribution in [3.05, 3.63) is 293 Å². The van der Waals surface area contributed by atoms with Crippen LogP contribution < -0.4 is 20.2 Å². The van der Waals surface area contributed by atoms with Crippen molar-refractivity contribution in [1.82, 2.24) is 0 Å². The van der Waals surface area contributed by atoms with Gasteiger partial charge in [-0.15, -0.1) is 0 Å². The second-order valence-corrected chi connectivity index (χ2v) is 34.2. The second kappa shape index (κ2) is 18.9. The van der Waals surface area contributed by atoms with Crippen LogP contribution in [0.25, 0.3) is 71.6 Å². The number of rotatable bonds is 7. The van der Waals surface area contributed by atoms with Crippen LogP contribution in [0.2, 0.25) is 13.1 Å². The average molecular weight is 1190 g/mol. The molecular formula is C88H76N2Si. The molecule has 3 heteroatoms. The Balaban J connectivity index is 1.00. The van der Waals surface area contributed by atoms with E-state index in [2.05, 4.69) is 321 Å². The lowest BCUT2D eigenvalue weighted by molar-refractivity contribution is 0.394. The van der Waals surface area contributed by atoms with E-state index >= 15 is 0 Å². The van der Waals surface area contributed by atoms with Gasteiger partial charge in [-0.05, 0) is 195 Å². The molecular weight excluding hydrogens is 1110 g/mol. The summed E-state index contributed by atoms with van der Waals surface area (Å²) in [5.74, 6) is 0.702. The summed E-state index contributed by atoms with van der Waals surface area (Å²) in [7, 11) is -2.29. The lowest BCUT2D eigenvalue weighted by Crippen LogP contribution is -2.49. The van der Waals surface area contributed by atoms with Gasteiger partial charge in [0, 0.05) is 66.5 Å². The van der Waals surface area contributed by atoms with Gasteiger partial charge in [0.25, 0.3) is 0 Å². The Hall–Kier alpha value is -9.28. The number of anilines is 6. The number of fused-ring (bicyclic) bond motifs is 17. The fourth-order valence-electron chi connectivity index (χ4n) is 18.5. The molecule has 1 heterocycles. The molecule has 2 unspecified atom stereocenters. The van der Waals surface area contributed by atoms with E-state index in [1.807, 2.05) is 0 Å². The van der Waals surface area contributed by atoms with Crippen LogP contribution in [0.5, 0.6) is 0 Å². The van der Waals surface area contributed by atoms with Gasteiger partial charge < -0.3 is 9.80 Å². The van der Waals surface area contributed by atoms with Gasteiger partial charge in [0.05, 0.1) is 11.4 Å². The molecule has 1 aliphatic heterocycles. The monoisotopic (exact) mass is 1190 g/mol. The fourth-order valence-corrected chi connectivity index (χ4v) is 21.6. The molecule has 6 aliphatic carbocycles. The van der Waals surface area contributed by atoms with E-state index in [1.165, 1.54) is 155 Å². The Kier molecular flexibility index (Phi) is 11.4. The van der Waals surface area contributed by atoms with E-state index in [9.17, 15) is 0 Å². The Morgan fingerprint density at radius 3 is 1.38 bits per heavy atom. The maximum atomic E-state index is 2.73. The predicted octanol–water partition coefficient (Wildman–Crippen LogP) is 22.5. The minimum atomic E-state index is -2.29. The van der Waals surface area contributed by atoms with E-state index in [-0.39, 0.29) is 21.7 Å². The zero-order chi connectivity index (χ0) is 61.8. The van der Waals surface area contributed by atoms with Crippen LogP contribution in [-0.4, -0.2) is 8.07 Å². The molecule has 7 aliphatic rings. The summed E-state index contributed by atoms with van der Waals surface area (Å²) in [5, 5.41) is 7.93. The maximum absolute atomic E-state index is 2.73. The predicted molar refractivity (Wildman–Crippen MR) is 390 cm³/mol. The number of hydrogen-bond acceptors (Lipinski definition) is 2. The van der Waals surface area contributed by atoms with E-state index in [0.29, 0.717) is 11.8 Å². The third-order valence-corrected chi connectivity index (χ3v) is 26.9. The molecule has 0 amide bonds. The molecule has 0 radical (unpaired) electrons. The Bertz CT molecular complexity index is 5080. The molecule has 18 rings (SSSR count). The summed E-state index contributed by atoms with van der Waals surface area (Å²) in [6, 6.07) is 79.5. The van der Waals surface area contributed by atoms with Gasteiger partial charge in [-0.3, -0.25) is 0 Å². The van der Waals surface area contributed by atoms with Crippen molar-refractivity contribution in [3.8, 4) is 44.5 Å². The van der Waals surface area contributed by atoms with Gasteiger partial charge in [0.15, 0.2) is 0 Å². The highest BCUT2D eigenvalue weighted by Crippen LogP contribution is 2.60. The van der Waals surface area contributed by atoms with E-state index in [1.54, 1.807) is 0 Å². The molecule has 11 aromatic rings. The maximum Gasteiger partial charge on any atom is 0.113 e. The third kappa shape index (κ3) is 7.47. The zero-order valence-electron chi connectivity index (χ0n) is 54.1. The highest BCUT2D eigenvalue weighted by atomic mass is 28.3. The highest BCUT2D eigenvalue weighted by molar-refractivity contribution is 7.04. The third-order valence-electron chi connectivity index (χ3n) is 23.3. The minimum Gasteiger partial charge on any atom is -0.309 e. The van der Waals surface area contributed by atoms with Crippen molar-refractivity contribution in [1.29, 1.82) is 0 Å². The summed E-state index contributed by atoms with van der Waals surface area (Å²) in [6.07, 6.45) is 18.7. The normalized spacial score (nSPS) is 19.2. The molecule has 0 N–H and O–H groups in total. The fraction of sp³-hybridized carbons (Fsp3) is 0.205. The van der Waals surface area contributed by atoms with Gasteiger partial charge in [-0.2, -0.15) is 0 Å². The van der Waals surface area contributed by atoms with Crippen LogP contribution in [0.1, 0.15) is 124 Å². The smallest absolute Gasteiger partial charge is 0.113 e. The summed E-state index contributed by atoms with van der Waals surface area (Å²) in [6.45, 7) is 24.7. The van der Waals surface area contributed by atoms with Crippen LogP contribution in [0.3, 0.4) is 0 Å². The molecule has 0 saturated carbocycles. The summed E-state index contributed by atoms with van der Waals surface area (Å²) in [5.41, 5.74) is 30.6. The number of benzene rings is 11. The molecule has 2 atom stereocenters. The van der Waals surface area contributed by atoms with Crippen LogP contribution >= 0.6 is 0 Å². The van der Waals surface area contributed by atoms with Crippen molar-refractivity contribution < 1.29 is 0 Å². The molecule has 2 nitrogen and oxygen atoms in total. The lowest BCUT2D eigenvalue weighted by Gasteiger charge is -2.35. The van der Waals surface area contributed by atoms with Crippen molar-refractivity contribution >= 4 is 79.7 Å². The average Bonchev–Trinajstić information content (AvgIpc) is 1.70. The highest BCUT2D eigenvalue weighted by Gasteiger charge is 2.46. The molecule has 91 heavy (non-hydrogen) atoms. The molecule has 0 aromatic heterocycles. The number of nitrogens with zero attached hydrogens (tertiary/aromatic N) is 2. The summed E-state index contributed by atoms with van der Waals surface area (Å²) in [4.78, 5) is 5.42. The zero-order valence-corrected chi connectivity index (χ0v) is 55.1. The Morgan fingerprint density at radius 2 is 0.835 bits per heavy atom. The van der Waals surface area contributed by atoms with Crippen LogP contribution in [0.15, 0.2) is 243 Å². The quantitative estimate of drug-likeness (QED) is 0.0891. The van der Waals surface area contributed by atoms with E-state index < -0.39 is 8.07 Å². The van der Waals surface area contributed by atoms with Crippen molar-refractivity contribution in [2.24, 2.45) is 5.92 Å². The molecule has 0 fully saturated rings. The van der Waals surface area contributed by atoms with Crippen molar-refractivity contribution in [2.45, 2.75) is 109 Å². The SMILES string of the molecule is CC1(C)c2ccccc2-c2ccc(N(c3ccc4c(c3)C(C)(C)c3ccccc3-4)c3c4ccc(C5=CCCC=C5)cc4c(N(c4ccc5c(c4)C(C)(C)c4ccccc4-5)c4ccc5c(c4)C(C)(C)C4C=CC=CC54)c4cc5c(cc34)-c3ccccc3[Si]5(C)C)cc21. The van der Waals surface area contributed by atoms with Gasteiger partial charge in [-0.1, -0.05) is 251 Å². The van der Waals surface area contributed by atoms with Crippen LogP contribution in [0, 0.1) is 5.92 Å². The lowest BCUT2D eigenvalue weighted by atomic mass is 9.74. The standard InChI is InChI=1S/C88H76N2Si/c1-85(2)73-31-19-14-26-59(73)63-42-37-55(47-77(63)85)89(56-38-43-64-60-27-15-20-32-74(60)86(3,4)78(64)48-56)83-68-41-36-54(53-24-12-11-13-25-53)46-70(68)84(72-52-82-69(51-71(72)83)67-30-18-23-35-81(67)91(82,9)10)90(57-39-44-65-61-28-16-21-33-75(61)87(5,6)79(65)49-57)58-40-45-66-62-29-17-22-34-76(62)88(7,8)80(66)50-58/h12,14-52,61,75H,11,13H2,1-10H3. The van der Waals surface area contributed by atoms with Crippen LogP contribution in [0.4, 0.5) is 34.1 Å². The molecule has 442 valence electrons. The van der Waals surface area contributed by atoms with E-state index in [0.717, 1.165) is 24.2 Å². The first-order valence-electron chi connectivity index (χ1n) is 33.3. The van der Waals surface area contributed by atoms with Crippen LogP contribution in [-0.2, 0) is 21.7 Å². The Morgan fingerprint density at radius 1 is 0.374 bits per heavy atom. The Labute approximate surface area is 538 Å². The summed E-state index contributed by atoms with van der Waals surface area (Å²) >= 11 is 0. The topological polar surface area (TPSA) is 6.48 Å². The first kappa shape index (κ1) is 54.6. The largest absolute Gasteiger partial charge is 0.309 e. The van der Waals surface area contributed by atoms with Gasteiger partial charge in [0.2, 0.25) is 0 Å². The van der Waals surface area contributed by atoms with Crippen molar-refractivity contribution in [3.63, 3.8) is 0 Å². The van der Waals surface area contributed by atoms with Gasteiger partial charge >= 0.3 is 0 Å². The molecule has 11 aromatic carbocycles. The molecule has 0 bridgehead atoms. The molecule has 0 saturated heterocycles. The van der Waals surface area contributed by atoms with E-state index in [4.69, 9.17) is 0 Å². The van der Waals surface area contributed by atoms with Crippen molar-refractivity contribution in [2.75, 3.05) is 9.80 Å². The summed E-state index contributed by atoms with van der Waals surface area (Å²) < 4.78 is 0. The first-order valence-corrected chi connectivity index (χ1v) is 36.3. The molecule has 0 spiro atoms. The second-order valence-electron chi connectivity index (χ2n) is 29.9. The van der Waals surface area contributed by atoms with Gasteiger partial charge in [0.1, 0.15) is 8.07 Å². The van der Waals surface area contributed by atoms with Gasteiger partial charge in [-0.25, -0.2) is 0 Å². The minimum absolute atomic E-state index is 0.105. The number of allylic oxidation sites excluding steroid dienone is 8. The number of hydrogen-bond donors (Lipinski definition) is 0. The first-order chi connectivity index (χ1) is 43.9.